The average Bonchev–Trinajstić information content (AvgIpc) is 2.75. The van der Waals surface area contributed by atoms with Crippen molar-refractivity contribution in [1.29, 1.82) is 0 Å². The highest BCUT2D eigenvalue weighted by molar-refractivity contribution is 5.99. The topological polar surface area (TPSA) is 79.5 Å². The van der Waals surface area contributed by atoms with Crippen LogP contribution in [0.3, 0.4) is 0 Å². The van der Waals surface area contributed by atoms with Gasteiger partial charge >= 0.3 is 6.03 Å². The third kappa shape index (κ3) is 6.60. The van der Waals surface area contributed by atoms with Gasteiger partial charge in [-0.3, -0.25) is 4.79 Å². The predicted molar refractivity (Wildman–Crippen MR) is 123 cm³/mol. The highest BCUT2D eigenvalue weighted by atomic mass is 16.5. The summed E-state index contributed by atoms with van der Waals surface area (Å²) in [5.74, 6) is 0.518. The van der Waals surface area contributed by atoms with E-state index in [1.807, 2.05) is 81.4 Å². The van der Waals surface area contributed by atoms with Crippen LogP contribution in [0.4, 0.5) is 16.2 Å². The summed E-state index contributed by atoms with van der Waals surface area (Å²) in [6, 6.07) is 22.0. The number of urea groups is 1. The van der Waals surface area contributed by atoms with Gasteiger partial charge in [0.05, 0.1) is 6.04 Å². The normalized spacial score (nSPS) is 11.3. The molecule has 1 atom stereocenters. The molecule has 6 heteroatoms. The minimum Gasteiger partial charge on any atom is -0.483 e. The van der Waals surface area contributed by atoms with Crippen LogP contribution in [-0.2, 0) is 4.79 Å². The van der Waals surface area contributed by atoms with E-state index in [0.717, 1.165) is 22.4 Å². The quantitative estimate of drug-likeness (QED) is 0.494. The van der Waals surface area contributed by atoms with Crippen LogP contribution in [-0.4, -0.2) is 18.5 Å². The van der Waals surface area contributed by atoms with E-state index >= 15 is 0 Å². The maximum absolute atomic E-state index is 12.3. The smallest absolute Gasteiger partial charge is 0.323 e. The molecule has 31 heavy (non-hydrogen) atoms. The van der Waals surface area contributed by atoms with Crippen molar-refractivity contribution in [2.75, 3.05) is 17.2 Å². The van der Waals surface area contributed by atoms with Gasteiger partial charge < -0.3 is 20.7 Å². The van der Waals surface area contributed by atoms with Crippen molar-refractivity contribution in [3.8, 4) is 5.75 Å². The molecule has 0 heterocycles. The Balaban J connectivity index is 1.49. The van der Waals surface area contributed by atoms with Crippen LogP contribution >= 0.6 is 0 Å². The van der Waals surface area contributed by atoms with Gasteiger partial charge in [0.2, 0.25) is 0 Å². The Hall–Kier alpha value is -3.80. The Kier molecular flexibility index (Phi) is 7.27. The highest BCUT2D eigenvalue weighted by Gasteiger charge is 2.11. The van der Waals surface area contributed by atoms with E-state index in [1.54, 1.807) is 12.1 Å². The van der Waals surface area contributed by atoms with Crippen LogP contribution in [0.15, 0.2) is 72.8 Å². The summed E-state index contributed by atoms with van der Waals surface area (Å²) in [5, 5.41) is 8.49. The van der Waals surface area contributed by atoms with E-state index in [-0.39, 0.29) is 24.6 Å². The van der Waals surface area contributed by atoms with Crippen molar-refractivity contribution in [1.82, 2.24) is 5.32 Å². The van der Waals surface area contributed by atoms with Crippen LogP contribution in [0.25, 0.3) is 0 Å². The molecule has 0 radical (unpaired) electrons. The van der Waals surface area contributed by atoms with Crippen molar-refractivity contribution >= 4 is 23.3 Å². The second-order valence-electron chi connectivity index (χ2n) is 7.41. The SMILES string of the molecule is Cc1ccc(C)c(OCC(=O)NC(C)c2ccc(NC(=O)Nc3ccccc3)cc2)c1. The van der Waals surface area contributed by atoms with Gasteiger partial charge in [0.1, 0.15) is 5.75 Å². The average molecular weight is 418 g/mol. The number of ether oxygens (including phenoxy) is 1. The van der Waals surface area contributed by atoms with Gasteiger partial charge in [-0.2, -0.15) is 0 Å². The molecule has 6 nitrogen and oxygen atoms in total. The Morgan fingerprint density at radius 3 is 2.19 bits per heavy atom. The fourth-order valence-electron chi connectivity index (χ4n) is 3.04. The minimum atomic E-state index is -0.316. The number of anilines is 2. The first kappa shape index (κ1) is 21.9. The first-order valence-corrected chi connectivity index (χ1v) is 10.1. The predicted octanol–water partition coefficient (Wildman–Crippen LogP) is 5.20. The molecule has 0 aliphatic heterocycles. The van der Waals surface area contributed by atoms with Crippen LogP contribution in [0, 0.1) is 13.8 Å². The molecule has 0 spiro atoms. The van der Waals surface area contributed by atoms with E-state index in [1.165, 1.54) is 0 Å². The fourth-order valence-corrected chi connectivity index (χ4v) is 3.04. The molecule has 3 aromatic carbocycles. The number of amides is 3. The maximum atomic E-state index is 12.3. The molecule has 0 saturated heterocycles. The lowest BCUT2D eigenvalue weighted by molar-refractivity contribution is -0.123. The summed E-state index contributed by atoms with van der Waals surface area (Å²) in [6.45, 7) is 5.79. The summed E-state index contributed by atoms with van der Waals surface area (Å²) in [7, 11) is 0. The molecule has 0 aliphatic carbocycles. The molecule has 0 bridgehead atoms. The third-order valence-electron chi connectivity index (χ3n) is 4.78. The molecule has 0 fully saturated rings. The lowest BCUT2D eigenvalue weighted by atomic mass is 10.1. The van der Waals surface area contributed by atoms with E-state index in [9.17, 15) is 9.59 Å². The second-order valence-corrected chi connectivity index (χ2v) is 7.41. The van der Waals surface area contributed by atoms with Gasteiger partial charge in [0.15, 0.2) is 6.61 Å². The summed E-state index contributed by atoms with van der Waals surface area (Å²) >= 11 is 0. The van der Waals surface area contributed by atoms with Gasteiger partial charge in [-0.15, -0.1) is 0 Å². The zero-order chi connectivity index (χ0) is 22.2. The first-order chi connectivity index (χ1) is 14.9. The molecular weight excluding hydrogens is 390 g/mol. The van der Waals surface area contributed by atoms with E-state index in [4.69, 9.17) is 4.74 Å². The van der Waals surface area contributed by atoms with Crippen molar-refractivity contribution in [2.24, 2.45) is 0 Å². The minimum absolute atomic E-state index is 0.0477. The molecule has 3 aromatic rings. The number of rotatable bonds is 7. The molecule has 0 aliphatic rings. The van der Waals surface area contributed by atoms with Crippen molar-refractivity contribution in [2.45, 2.75) is 26.8 Å². The van der Waals surface area contributed by atoms with Crippen molar-refractivity contribution in [3.05, 3.63) is 89.5 Å². The summed E-state index contributed by atoms with van der Waals surface area (Å²) in [6.07, 6.45) is 0. The Labute approximate surface area is 182 Å². The number of para-hydroxylation sites is 1. The van der Waals surface area contributed by atoms with Gasteiger partial charge in [-0.1, -0.05) is 42.5 Å². The molecule has 3 rings (SSSR count). The van der Waals surface area contributed by atoms with Crippen LogP contribution < -0.4 is 20.7 Å². The van der Waals surface area contributed by atoms with E-state index in [0.29, 0.717) is 11.4 Å². The number of benzene rings is 3. The molecule has 1 unspecified atom stereocenters. The van der Waals surface area contributed by atoms with Gasteiger partial charge in [-0.05, 0) is 67.8 Å². The Bertz CT molecular complexity index is 1030. The number of carbonyl (C=O) groups is 2. The van der Waals surface area contributed by atoms with Crippen LogP contribution in [0.1, 0.15) is 29.7 Å². The largest absolute Gasteiger partial charge is 0.483 e. The van der Waals surface area contributed by atoms with Gasteiger partial charge in [0.25, 0.3) is 5.91 Å². The lowest BCUT2D eigenvalue weighted by Gasteiger charge is -2.16. The summed E-state index contributed by atoms with van der Waals surface area (Å²) in [4.78, 5) is 24.4. The maximum Gasteiger partial charge on any atom is 0.323 e. The Morgan fingerprint density at radius 1 is 0.871 bits per heavy atom. The number of hydrogen-bond acceptors (Lipinski definition) is 3. The second kappa shape index (κ2) is 10.3. The molecular formula is C25H27N3O3. The molecule has 0 saturated carbocycles. The number of nitrogens with one attached hydrogen (secondary N) is 3. The molecule has 160 valence electrons. The number of hydrogen-bond donors (Lipinski definition) is 3. The highest BCUT2D eigenvalue weighted by Crippen LogP contribution is 2.20. The lowest BCUT2D eigenvalue weighted by Crippen LogP contribution is -2.31. The monoisotopic (exact) mass is 417 g/mol. The Morgan fingerprint density at radius 2 is 1.52 bits per heavy atom. The number of aryl methyl sites for hydroxylation is 2. The zero-order valence-electron chi connectivity index (χ0n) is 17.9. The molecule has 0 aromatic heterocycles. The van der Waals surface area contributed by atoms with Gasteiger partial charge in [0, 0.05) is 11.4 Å². The summed E-state index contributed by atoms with van der Waals surface area (Å²) in [5.41, 5.74) is 4.38. The standard InChI is InChI=1S/C25H27N3O3/c1-17-9-10-18(2)23(15-17)31-16-24(29)26-19(3)20-11-13-22(14-12-20)28-25(30)27-21-7-5-4-6-8-21/h4-15,19H,16H2,1-3H3,(H,26,29)(H2,27,28,30). The van der Waals surface area contributed by atoms with Crippen LogP contribution in [0.5, 0.6) is 5.75 Å². The summed E-state index contributed by atoms with van der Waals surface area (Å²) < 4.78 is 5.66. The molecule has 3 amide bonds. The van der Waals surface area contributed by atoms with E-state index in [2.05, 4.69) is 16.0 Å². The van der Waals surface area contributed by atoms with Gasteiger partial charge in [-0.25, -0.2) is 4.79 Å². The van der Waals surface area contributed by atoms with E-state index < -0.39 is 0 Å². The fraction of sp³-hybridized carbons (Fsp3) is 0.200. The number of carbonyl (C=O) groups excluding carboxylic acids is 2. The van der Waals surface area contributed by atoms with Crippen molar-refractivity contribution in [3.63, 3.8) is 0 Å². The third-order valence-corrected chi connectivity index (χ3v) is 4.78. The van der Waals surface area contributed by atoms with Crippen LogP contribution in [0.2, 0.25) is 0 Å². The zero-order valence-corrected chi connectivity index (χ0v) is 17.9. The first-order valence-electron chi connectivity index (χ1n) is 10.1. The molecule has 3 N–H and O–H groups in total. The van der Waals surface area contributed by atoms with Crippen molar-refractivity contribution < 1.29 is 14.3 Å².